The molecule has 0 spiro atoms. The van der Waals surface area contributed by atoms with Gasteiger partial charge in [0.1, 0.15) is 0 Å². The molecule has 0 aromatic heterocycles. The molecule has 1 aliphatic rings. The Balaban J connectivity index is 2.57. The van der Waals surface area contributed by atoms with E-state index in [2.05, 4.69) is 5.32 Å². The summed E-state index contributed by atoms with van der Waals surface area (Å²) in [5, 5.41) is 21.8. The number of hydrogen-bond donors (Lipinski definition) is 3. The molecule has 1 rings (SSSR count). The van der Waals surface area contributed by atoms with E-state index in [1.807, 2.05) is 18.9 Å². The zero-order valence-corrected chi connectivity index (χ0v) is 10.0. The van der Waals surface area contributed by atoms with E-state index in [9.17, 15) is 9.90 Å². The lowest BCUT2D eigenvalue weighted by Crippen LogP contribution is -2.52. The van der Waals surface area contributed by atoms with Crippen LogP contribution < -0.4 is 5.32 Å². The van der Waals surface area contributed by atoms with Crippen LogP contribution >= 0.6 is 0 Å². The minimum absolute atomic E-state index is 0.0606. The number of hydrogen-bond acceptors (Lipinski definition) is 4. The van der Waals surface area contributed by atoms with E-state index in [-0.39, 0.29) is 24.6 Å². The number of aliphatic carboxylic acids is 1. The highest BCUT2D eigenvalue weighted by molar-refractivity contribution is 5.69. The van der Waals surface area contributed by atoms with Gasteiger partial charge in [-0.05, 0) is 25.8 Å². The Morgan fingerprint density at radius 3 is 2.75 bits per heavy atom. The van der Waals surface area contributed by atoms with Crippen LogP contribution in [0.25, 0.3) is 0 Å². The van der Waals surface area contributed by atoms with Gasteiger partial charge in [-0.2, -0.15) is 0 Å². The van der Waals surface area contributed by atoms with Crippen LogP contribution in [0.4, 0.5) is 0 Å². The van der Waals surface area contributed by atoms with Crippen LogP contribution in [0.2, 0.25) is 0 Å². The molecule has 1 heterocycles. The fraction of sp³-hybridized carbons (Fsp3) is 0.909. The van der Waals surface area contributed by atoms with E-state index in [0.29, 0.717) is 6.54 Å². The minimum atomic E-state index is -0.804. The number of aliphatic hydroxyl groups is 1. The smallest absolute Gasteiger partial charge is 0.317 e. The van der Waals surface area contributed by atoms with Gasteiger partial charge in [0.25, 0.3) is 0 Å². The minimum Gasteiger partial charge on any atom is -0.480 e. The third-order valence-corrected chi connectivity index (χ3v) is 3.29. The van der Waals surface area contributed by atoms with Gasteiger partial charge in [-0.25, -0.2) is 0 Å². The Kier molecular flexibility index (Phi) is 5.18. The summed E-state index contributed by atoms with van der Waals surface area (Å²) < 4.78 is 0. The van der Waals surface area contributed by atoms with Crippen LogP contribution in [-0.4, -0.2) is 59.9 Å². The highest BCUT2D eigenvalue weighted by Gasteiger charge is 2.30. The summed E-state index contributed by atoms with van der Waals surface area (Å²) >= 11 is 0. The van der Waals surface area contributed by atoms with Crippen molar-refractivity contribution >= 4 is 5.97 Å². The van der Waals surface area contributed by atoms with E-state index < -0.39 is 5.97 Å². The van der Waals surface area contributed by atoms with Crippen molar-refractivity contribution in [2.45, 2.75) is 31.9 Å². The largest absolute Gasteiger partial charge is 0.480 e. The Labute approximate surface area is 96.4 Å². The quantitative estimate of drug-likeness (QED) is 0.607. The zero-order chi connectivity index (χ0) is 12.1. The average molecular weight is 230 g/mol. The number of aliphatic hydroxyl groups excluding tert-OH is 1. The summed E-state index contributed by atoms with van der Waals surface area (Å²) in [6, 6.07) is 0.277. The first-order chi connectivity index (χ1) is 7.56. The number of carboxylic acids is 1. The molecule has 1 aliphatic heterocycles. The zero-order valence-electron chi connectivity index (χ0n) is 10.0. The molecule has 1 fully saturated rings. The van der Waals surface area contributed by atoms with Gasteiger partial charge in [-0.3, -0.25) is 9.69 Å². The fourth-order valence-corrected chi connectivity index (χ4v) is 2.37. The van der Waals surface area contributed by atoms with Crippen molar-refractivity contribution in [1.29, 1.82) is 0 Å². The maximum atomic E-state index is 10.7. The highest BCUT2D eigenvalue weighted by atomic mass is 16.4. The molecule has 0 amide bonds. The molecule has 5 nitrogen and oxygen atoms in total. The Hall–Kier alpha value is -0.650. The van der Waals surface area contributed by atoms with Crippen molar-refractivity contribution in [2.75, 3.05) is 26.7 Å². The lowest BCUT2D eigenvalue weighted by molar-refractivity contribution is -0.139. The van der Waals surface area contributed by atoms with Gasteiger partial charge >= 0.3 is 5.97 Å². The van der Waals surface area contributed by atoms with E-state index in [1.54, 1.807) is 0 Å². The van der Waals surface area contributed by atoms with Crippen LogP contribution in [-0.2, 0) is 4.79 Å². The molecular formula is C11H22N2O3. The maximum Gasteiger partial charge on any atom is 0.317 e. The summed E-state index contributed by atoms with van der Waals surface area (Å²) in [5.74, 6) is -0.628. The van der Waals surface area contributed by atoms with Crippen LogP contribution in [0, 0.1) is 5.92 Å². The van der Waals surface area contributed by atoms with Gasteiger partial charge in [-0.1, -0.05) is 6.92 Å². The second-order valence-corrected chi connectivity index (χ2v) is 4.54. The van der Waals surface area contributed by atoms with Crippen LogP contribution in [0.5, 0.6) is 0 Å². The normalized spacial score (nSPS) is 28.9. The number of piperidine rings is 1. The molecule has 16 heavy (non-hydrogen) atoms. The topological polar surface area (TPSA) is 72.8 Å². The molecule has 0 aliphatic carbocycles. The molecule has 0 radical (unpaired) electrons. The number of rotatable bonds is 5. The van der Waals surface area contributed by atoms with E-state index in [0.717, 1.165) is 19.4 Å². The molecule has 1 saturated heterocycles. The number of carbonyl (C=O) groups is 1. The van der Waals surface area contributed by atoms with Crippen LogP contribution in [0.1, 0.15) is 19.8 Å². The van der Waals surface area contributed by atoms with E-state index >= 15 is 0 Å². The first kappa shape index (κ1) is 13.4. The monoisotopic (exact) mass is 230 g/mol. The predicted octanol–water partition coefficient (Wildman–Crippen LogP) is -0.248. The number of nitrogens with one attached hydrogen (secondary N) is 1. The van der Waals surface area contributed by atoms with Gasteiger partial charge in [0.05, 0.1) is 12.6 Å². The van der Waals surface area contributed by atoms with Crippen molar-refractivity contribution < 1.29 is 15.0 Å². The molecule has 94 valence electrons. The molecule has 0 aromatic rings. The first-order valence-corrected chi connectivity index (χ1v) is 5.86. The summed E-state index contributed by atoms with van der Waals surface area (Å²) in [6.45, 7) is 3.44. The third kappa shape index (κ3) is 3.73. The number of likely N-dealkylation sites (N-methyl/N-ethyl adjacent to an activating group) is 1. The first-order valence-electron chi connectivity index (χ1n) is 5.86. The molecule has 3 unspecified atom stereocenters. The Bertz CT molecular complexity index is 235. The Morgan fingerprint density at radius 1 is 1.56 bits per heavy atom. The predicted molar refractivity (Wildman–Crippen MR) is 61.3 cm³/mol. The van der Waals surface area contributed by atoms with Gasteiger partial charge in [0, 0.05) is 19.1 Å². The molecule has 0 bridgehead atoms. The SMILES string of the molecule is CCC(O)C1CC(NC)CN(CC(=O)O)C1. The lowest BCUT2D eigenvalue weighted by Gasteiger charge is -2.38. The molecule has 0 saturated carbocycles. The molecular weight excluding hydrogens is 208 g/mol. The second kappa shape index (κ2) is 6.18. The number of nitrogens with zero attached hydrogens (tertiary/aromatic N) is 1. The molecule has 5 heteroatoms. The summed E-state index contributed by atoms with van der Waals surface area (Å²) in [7, 11) is 1.88. The van der Waals surface area contributed by atoms with Gasteiger partial charge in [0.2, 0.25) is 0 Å². The Morgan fingerprint density at radius 2 is 2.25 bits per heavy atom. The standard InChI is InChI=1S/C11H22N2O3/c1-3-10(14)8-4-9(12-2)6-13(5-8)7-11(15)16/h8-10,12,14H,3-7H2,1-2H3,(H,15,16). The van der Waals surface area contributed by atoms with Crippen LogP contribution in [0.15, 0.2) is 0 Å². The fourth-order valence-electron chi connectivity index (χ4n) is 2.37. The van der Waals surface area contributed by atoms with Crippen molar-refractivity contribution in [2.24, 2.45) is 5.92 Å². The lowest BCUT2D eigenvalue weighted by atomic mass is 9.88. The van der Waals surface area contributed by atoms with E-state index in [4.69, 9.17) is 5.11 Å². The van der Waals surface area contributed by atoms with Crippen molar-refractivity contribution in [1.82, 2.24) is 10.2 Å². The third-order valence-electron chi connectivity index (χ3n) is 3.29. The van der Waals surface area contributed by atoms with Crippen LogP contribution in [0.3, 0.4) is 0 Å². The summed E-state index contributed by atoms with van der Waals surface area (Å²) in [4.78, 5) is 12.6. The molecule has 0 aromatic carbocycles. The van der Waals surface area contributed by atoms with Gasteiger partial charge < -0.3 is 15.5 Å². The second-order valence-electron chi connectivity index (χ2n) is 4.54. The number of carboxylic acid groups (broad SMARTS) is 1. The summed E-state index contributed by atoms with van der Waals surface area (Å²) in [6.07, 6.45) is 1.32. The average Bonchev–Trinajstić information content (AvgIpc) is 2.26. The number of likely N-dealkylation sites (tertiary alicyclic amines) is 1. The van der Waals surface area contributed by atoms with Gasteiger partial charge in [-0.15, -0.1) is 0 Å². The van der Waals surface area contributed by atoms with Crippen molar-refractivity contribution in [3.8, 4) is 0 Å². The van der Waals surface area contributed by atoms with Crippen molar-refractivity contribution in [3.63, 3.8) is 0 Å². The maximum absolute atomic E-state index is 10.7. The van der Waals surface area contributed by atoms with Crippen molar-refractivity contribution in [3.05, 3.63) is 0 Å². The van der Waals surface area contributed by atoms with E-state index in [1.165, 1.54) is 0 Å². The summed E-state index contributed by atoms with van der Waals surface area (Å²) in [5.41, 5.74) is 0. The highest BCUT2D eigenvalue weighted by Crippen LogP contribution is 2.21. The van der Waals surface area contributed by atoms with Gasteiger partial charge in [0.15, 0.2) is 0 Å². The molecule has 3 atom stereocenters. The molecule has 3 N–H and O–H groups in total.